The zero-order valence-electron chi connectivity index (χ0n) is 15.8. The minimum Gasteiger partial charge on any atom is -0.480 e. The third-order valence-corrected chi connectivity index (χ3v) is 5.86. The van der Waals surface area contributed by atoms with Crippen LogP contribution in [0.25, 0.3) is 11.0 Å². The second kappa shape index (κ2) is 8.88. The normalized spacial score (nSPS) is 11.1. The number of ketones is 1. The van der Waals surface area contributed by atoms with Gasteiger partial charge in [0.05, 0.1) is 17.6 Å². The molecule has 8 nitrogen and oxygen atoms in total. The van der Waals surface area contributed by atoms with Crippen molar-refractivity contribution < 1.29 is 28.8 Å². The third-order valence-electron chi connectivity index (χ3n) is 4.26. The summed E-state index contributed by atoms with van der Waals surface area (Å²) in [5.41, 5.74) is 0.907. The second-order valence-electron chi connectivity index (χ2n) is 6.71. The van der Waals surface area contributed by atoms with E-state index in [0.717, 1.165) is 0 Å². The van der Waals surface area contributed by atoms with E-state index in [0.29, 0.717) is 35.2 Å². The maximum absolute atomic E-state index is 13.4. The van der Waals surface area contributed by atoms with Crippen LogP contribution >= 0.6 is 45.2 Å². The number of fused-ring (bicyclic) bond motifs is 1. The molecule has 1 aromatic heterocycles. The summed E-state index contributed by atoms with van der Waals surface area (Å²) >= 11 is 3.95. The number of benzene rings is 2. The van der Waals surface area contributed by atoms with Crippen LogP contribution in [0.2, 0.25) is 0 Å². The first kappa shape index (κ1) is 22.5. The Kier molecular flexibility index (Phi) is 6.65. The second-order valence-corrected chi connectivity index (χ2v) is 9.04. The van der Waals surface area contributed by atoms with Crippen LogP contribution in [0.5, 0.6) is 5.75 Å². The Morgan fingerprint density at radius 2 is 1.83 bits per heavy atom. The average molecular weight is 635 g/mol. The van der Waals surface area contributed by atoms with Crippen LogP contribution in [0.3, 0.4) is 0 Å². The van der Waals surface area contributed by atoms with Gasteiger partial charge in [0.1, 0.15) is 17.1 Å². The number of nitro groups is 1. The molecule has 0 bridgehead atoms. The first-order chi connectivity index (χ1) is 14.1. The molecule has 2 aromatic carbocycles. The number of carboxylic acid groups (broad SMARTS) is 1. The number of furan rings is 1. The van der Waals surface area contributed by atoms with Gasteiger partial charge in [-0.2, -0.15) is 0 Å². The summed E-state index contributed by atoms with van der Waals surface area (Å²) in [7, 11) is 0. The standard InChI is InChI=1S/C20H15I2NO7/c1-9(2)19-17(12-7-11(23(27)28)3-4-15(12)30-19)18(26)10-5-13(21)20(14(22)6-10)29-8-16(24)25/h3-7,9H,8H2,1-2H3,(H,24,25). The highest BCUT2D eigenvalue weighted by Gasteiger charge is 2.26. The summed E-state index contributed by atoms with van der Waals surface area (Å²) < 4.78 is 12.3. The number of halogens is 2. The number of nitro benzene ring substituents is 1. The van der Waals surface area contributed by atoms with Gasteiger partial charge in [-0.15, -0.1) is 0 Å². The molecule has 0 atom stereocenters. The van der Waals surface area contributed by atoms with Gasteiger partial charge in [0.25, 0.3) is 5.69 Å². The number of rotatable bonds is 7. The van der Waals surface area contributed by atoms with E-state index >= 15 is 0 Å². The molecule has 30 heavy (non-hydrogen) atoms. The minimum absolute atomic E-state index is 0.119. The molecule has 156 valence electrons. The van der Waals surface area contributed by atoms with Crippen molar-refractivity contribution in [3.8, 4) is 5.75 Å². The van der Waals surface area contributed by atoms with Gasteiger partial charge in [-0.25, -0.2) is 4.79 Å². The average Bonchev–Trinajstić information content (AvgIpc) is 3.05. The lowest BCUT2D eigenvalue weighted by Gasteiger charge is -2.11. The number of hydrogen-bond donors (Lipinski definition) is 1. The van der Waals surface area contributed by atoms with E-state index in [1.54, 1.807) is 12.1 Å². The maximum Gasteiger partial charge on any atom is 0.341 e. The summed E-state index contributed by atoms with van der Waals surface area (Å²) in [5, 5.41) is 20.4. The molecule has 1 heterocycles. The molecule has 0 amide bonds. The van der Waals surface area contributed by atoms with Gasteiger partial charge in [-0.1, -0.05) is 13.8 Å². The topological polar surface area (TPSA) is 120 Å². The van der Waals surface area contributed by atoms with E-state index in [1.165, 1.54) is 18.2 Å². The molecule has 0 aliphatic carbocycles. The first-order valence-electron chi connectivity index (χ1n) is 8.69. The fourth-order valence-corrected chi connectivity index (χ4v) is 5.05. The molecular weight excluding hydrogens is 620 g/mol. The lowest BCUT2D eigenvalue weighted by molar-refractivity contribution is -0.384. The predicted octanol–water partition coefficient (Wildman–Crippen LogP) is 5.37. The molecule has 0 spiro atoms. The third kappa shape index (κ3) is 4.43. The number of carboxylic acids is 1. The molecule has 10 heteroatoms. The number of aliphatic carboxylic acids is 1. The highest BCUT2D eigenvalue weighted by atomic mass is 127. The molecule has 0 saturated heterocycles. The number of nitrogens with zero attached hydrogens (tertiary/aromatic N) is 1. The molecule has 0 aliphatic rings. The fourth-order valence-electron chi connectivity index (χ4n) is 2.97. The monoisotopic (exact) mass is 635 g/mol. The molecule has 0 saturated carbocycles. The zero-order valence-corrected chi connectivity index (χ0v) is 20.1. The van der Waals surface area contributed by atoms with Gasteiger partial charge in [0, 0.05) is 29.0 Å². The number of ether oxygens (including phenoxy) is 1. The quantitative estimate of drug-likeness (QED) is 0.161. The van der Waals surface area contributed by atoms with Gasteiger partial charge in [0.15, 0.2) is 12.4 Å². The Morgan fingerprint density at radius 1 is 1.20 bits per heavy atom. The fraction of sp³-hybridized carbons (Fsp3) is 0.200. The van der Waals surface area contributed by atoms with Crippen molar-refractivity contribution in [3.63, 3.8) is 0 Å². The minimum atomic E-state index is -1.10. The van der Waals surface area contributed by atoms with Crippen LogP contribution in [0.4, 0.5) is 5.69 Å². The van der Waals surface area contributed by atoms with E-state index < -0.39 is 17.5 Å². The van der Waals surface area contributed by atoms with Crippen LogP contribution in [0, 0.1) is 17.3 Å². The van der Waals surface area contributed by atoms with E-state index in [1.807, 2.05) is 59.0 Å². The van der Waals surface area contributed by atoms with E-state index in [9.17, 15) is 19.7 Å². The van der Waals surface area contributed by atoms with Gasteiger partial charge in [0.2, 0.25) is 0 Å². The Balaban J connectivity index is 2.14. The summed E-state index contributed by atoms with van der Waals surface area (Å²) in [6, 6.07) is 7.38. The highest BCUT2D eigenvalue weighted by molar-refractivity contribution is 14.1. The Hall–Kier alpha value is -2.22. The molecule has 0 unspecified atom stereocenters. The summed E-state index contributed by atoms with van der Waals surface area (Å²) in [5.74, 6) is -0.723. The first-order valence-corrected chi connectivity index (χ1v) is 10.8. The Morgan fingerprint density at radius 3 is 2.37 bits per heavy atom. The number of carbonyl (C=O) groups is 2. The summed E-state index contributed by atoms with van der Waals surface area (Å²) in [4.78, 5) is 34.9. The van der Waals surface area contributed by atoms with Crippen molar-refractivity contribution in [2.75, 3.05) is 6.61 Å². The van der Waals surface area contributed by atoms with Gasteiger partial charge < -0.3 is 14.3 Å². The summed E-state index contributed by atoms with van der Waals surface area (Å²) in [6.07, 6.45) is 0. The molecule has 0 fully saturated rings. The van der Waals surface area contributed by atoms with Crippen molar-refractivity contribution >= 4 is 73.6 Å². The highest BCUT2D eigenvalue weighted by Crippen LogP contribution is 2.36. The number of carbonyl (C=O) groups excluding carboxylic acids is 1. The van der Waals surface area contributed by atoms with E-state index in [4.69, 9.17) is 14.3 Å². The van der Waals surface area contributed by atoms with Crippen LogP contribution in [-0.2, 0) is 4.79 Å². The Bertz CT molecular complexity index is 1160. The van der Waals surface area contributed by atoms with Gasteiger partial charge in [-0.05, 0) is 63.4 Å². The smallest absolute Gasteiger partial charge is 0.341 e. The van der Waals surface area contributed by atoms with Crippen molar-refractivity contribution in [3.05, 3.63) is 64.5 Å². The van der Waals surface area contributed by atoms with Crippen molar-refractivity contribution in [1.29, 1.82) is 0 Å². The van der Waals surface area contributed by atoms with Crippen molar-refractivity contribution in [2.24, 2.45) is 0 Å². The van der Waals surface area contributed by atoms with Crippen molar-refractivity contribution in [2.45, 2.75) is 19.8 Å². The molecule has 3 rings (SSSR count). The molecule has 1 N–H and O–H groups in total. The van der Waals surface area contributed by atoms with E-state index in [-0.39, 0.29) is 23.0 Å². The van der Waals surface area contributed by atoms with Crippen molar-refractivity contribution in [1.82, 2.24) is 0 Å². The lowest BCUT2D eigenvalue weighted by atomic mass is 9.96. The van der Waals surface area contributed by atoms with E-state index in [2.05, 4.69) is 0 Å². The van der Waals surface area contributed by atoms with Gasteiger partial charge >= 0.3 is 5.97 Å². The summed E-state index contributed by atoms with van der Waals surface area (Å²) in [6.45, 7) is 3.26. The SMILES string of the molecule is CC(C)c1oc2ccc([N+](=O)[O-])cc2c1C(=O)c1cc(I)c(OCC(=O)O)c(I)c1. The number of non-ortho nitro benzene ring substituents is 1. The maximum atomic E-state index is 13.4. The molecular formula is C20H15I2NO7. The Labute approximate surface area is 198 Å². The number of hydrogen-bond acceptors (Lipinski definition) is 6. The van der Waals surface area contributed by atoms with Crippen LogP contribution < -0.4 is 4.74 Å². The molecule has 3 aromatic rings. The largest absolute Gasteiger partial charge is 0.480 e. The molecule has 0 radical (unpaired) electrons. The van der Waals surface area contributed by atoms with Crippen LogP contribution in [0.15, 0.2) is 34.7 Å². The zero-order chi connectivity index (χ0) is 22.2. The lowest BCUT2D eigenvalue weighted by Crippen LogP contribution is -2.12. The predicted molar refractivity (Wildman–Crippen MR) is 125 cm³/mol. The van der Waals surface area contributed by atoms with Gasteiger partial charge in [-0.3, -0.25) is 14.9 Å². The molecule has 0 aliphatic heterocycles. The van der Waals surface area contributed by atoms with Crippen LogP contribution in [-0.4, -0.2) is 28.4 Å². The van der Waals surface area contributed by atoms with Crippen LogP contribution in [0.1, 0.15) is 41.4 Å².